The lowest BCUT2D eigenvalue weighted by Gasteiger charge is -2.36. The Morgan fingerprint density at radius 3 is 2.57 bits per heavy atom. The molecule has 2 N–H and O–H groups in total. The van der Waals surface area contributed by atoms with Gasteiger partial charge in [0.15, 0.2) is 11.5 Å². The summed E-state index contributed by atoms with van der Waals surface area (Å²) in [7, 11) is 2.06. The number of nitrogens with zero attached hydrogens (tertiary/aromatic N) is 2. The maximum Gasteiger partial charge on any atom is 0.258 e. The van der Waals surface area contributed by atoms with E-state index in [0.717, 1.165) is 36.3 Å². The fraction of sp³-hybridized carbons (Fsp3) is 0.459. The van der Waals surface area contributed by atoms with Gasteiger partial charge >= 0.3 is 0 Å². The number of hydrogen-bond acceptors (Lipinski definition) is 8. The summed E-state index contributed by atoms with van der Waals surface area (Å²) in [5, 5.41) is 13.2. The first-order valence-corrected chi connectivity index (χ1v) is 16.5. The van der Waals surface area contributed by atoms with Crippen LogP contribution in [0.25, 0.3) is 0 Å². The van der Waals surface area contributed by atoms with Gasteiger partial charge in [0.05, 0.1) is 30.4 Å². The molecule has 47 heavy (non-hydrogen) atoms. The zero-order valence-electron chi connectivity index (χ0n) is 27.8. The van der Waals surface area contributed by atoms with E-state index < -0.39 is 6.04 Å². The largest absolute Gasteiger partial charge is 0.490 e. The van der Waals surface area contributed by atoms with Gasteiger partial charge in [0, 0.05) is 43.4 Å². The zero-order chi connectivity index (χ0) is 33.3. The van der Waals surface area contributed by atoms with Crippen molar-refractivity contribution in [3.05, 3.63) is 83.4 Å². The van der Waals surface area contributed by atoms with Crippen LogP contribution in [0, 0.1) is 5.92 Å². The van der Waals surface area contributed by atoms with E-state index in [4.69, 9.17) is 18.9 Å². The molecule has 5 rings (SSSR count). The molecular weight excluding hydrogens is 598 g/mol. The monoisotopic (exact) mass is 645 g/mol. The summed E-state index contributed by atoms with van der Waals surface area (Å²) < 4.78 is 23.9. The molecule has 0 saturated heterocycles. The lowest BCUT2D eigenvalue weighted by Crippen LogP contribution is -2.47. The number of fused-ring (bicyclic) bond motifs is 2. The zero-order valence-corrected chi connectivity index (χ0v) is 27.8. The normalized spacial score (nSPS) is 21.0. The number of nitrogens with one attached hydrogen (secondary N) is 1. The molecular formula is C37H47N3O7. The van der Waals surface area contributed by atoms with Crippen LogP contribution in [-0.2, 0) is 11.3 Å². The third-order valence-corrected chi connectivity index (χ3v) is 8.73. The highest BCUT2D eigenvalue weighted by Gasteiger charge is 2.30. The first-order valence-electron chi connectivity index (χ1n) is 16.5. The quantitative estimate of drug-likeness (QED) is 0.326. The average molecular weight is 646 g/mol. The number of rotatable bonds is 8. The van der Waals surface area contributed by atoms with Crippen LogP contribution in [0.3, 0.4) is 0 Å². The Morgan fingerprint density at radius 2 is 1.79 bits per heavy atom. The van der Waals surface area contributed by atoms with Gasteiger partial charge in [0.2, 0.25) is 6.79 Å². The molecule has 0 saturated carbocycles. The van der Waals surface area contributed by atoms with E-state index in [1.165, 1.54) is 0 Å². The Bertz CT molecular complexity index is 1500. The Hall–Kier alpha value is -4.12. The number of aliphatic hydroxyl groups excluding tert-OH is 1. The van der Waals surface area contributed by atoms with Crippen molar-refractivity contribution in [2.75, 3.05) is 45.5 Å². The standard InChI is InChI=1S/C37H47N3O7/c1-25-20-40(26(2)23-41)37(43)31-19-30(38-36(42)29-11-6-5-7-12-29)14-16-32(31)47-27(3)10-8-9-17-44-35(25)22-39(4)21-28-13-15-33-34(18-28)46-24-45-33/h5-7,11-16,18-19,25-27,35,41H,8-10,17,20-24H2,1-4H3,(H,38,42)/t25-,26+,27-,35+/m1/s1. The third-order valence-electron chi connectivity index (χ3n) is 8.73. The van der Waals surface area contributed by atoms with Gasteiger partial charge in [0.1, 0.15) is 5.75 Å². The molecule has 252 valence electrons. The molecule has 0 spiro atoms. The predicted molar refractivity (Wildman–Crippen MR) is 180 cm³/mol. The van der Waals surface area contributed by atoms with Crippen molar-refractivity contribution in [3.8, 4) is 17.2 Å². The summed E-state index contributed by atoms with van der Waals surface area (Å²) in [5.74, 6) is 1.37. The minimum absolute atomic E-state index is 0.0562. The second-order valence-electron chi connectivity index (χ2n) is 12.7. The molecule has 0 radical (unpaired) electrons. The van der Waals surface area contributed by atoms with Gasteiger partial charge in [-0.2, -0.15) is 0 Å². The van der Waals surface area contributed by atoms with Crippen molar-refractivity contribution >= 4 is 17.5 Å². The van der Waals surface area contributed by atoms with E-state index in [-0.39, 0.29) is 43.3 Å². The number of anilines is 1. The Labute approximate surface area is 277 Å². The number of ether oxygens (including phenoxy) is 4. The van der Waals surface area contributed by atoms with Crippen LogP contribution in [0.2, 0.25) is 0 Å². The molecule has 2 aliphatic rings. The van der Waals surface area contributed by atoms with Crippen LogP contribution in [-0.4, -0.2) is 85.1 Å². The molecule has 10 nitrogen and oxygen atoms in total. The molecule has 10 heteroatoms. The highest BCUT2D eigenvalue weighted by Crippen LogP contribution is 2.33. The molecule has 2 heterocycles. The lowest BCUT2D eigenvalue weighted by atomic mass is 10.0. The number of carbonyl (C=O) groups excluding carboxylic acids is 2. The molecule has 0 fully saturated rings. The topological polar surface area (TPSA) is 110 Å². The second kappa shape index (κ2) is 16.1. The van der Waals surface area contributed by atoms with Crippen LogP contribution in [0.15, 0.2) is 66.7 Å². The number of hydrogen-bond donors (Lipinski definition) is 2. The maximum absolute atomic E-state index is 14.4. The molecule has 3 aromatic carbocycles. The van der Waals surface area contributed by atoms with E-state index in [1.54, 1.807) is 47.4 Å². The van der Waals surface area contributed by atoms with Crippen molar-refractivity contribution in [2.24, 2.45) is 5.92 Å². The first-order chi connectivity index (χ1) is 22.7. The van der Waals surface area contributed by atoms with Crippen molar-refractivity contribution in [1.29, 1.82) is 0 Å². The summed E-state index contributed by atoms with van der Waals surface area (Å²) in [6, 6.07) is 19.6. The van der Waals surface area contributed by atoms with Gasteiger partial charge in [0.25, 0.3) is 11.8 Å². The molecule has 2 amide bonds. The minimum Gasteiger partial charge on any atom is -0.490 e. The fourth-order valence-electron chi connectivity index (χ4n) is 5.98. The number of likely N-dealkylation sites (N-methyl/N-ethyl adjacent to an activating group) is 1. The Balaban J connectivity index is 1.38. The van der Waals surface area contributed by atoms with Crippen molar-refractivity contribution in [3.63, 3.8) is 0 Å². The third kappa shape index (κ3) is 9.03. The van der Waals surface area contributed by atoms with E-state index in [0.29, 0.717) is 48.8 Å². The molecule has 4 atom stereocenters. The molecule has 0 bridgehead atoms. The van der Waals surface area contributed by atoms with Crippen LogP contribution in [0.4, 0.5) is 5.69 Å². The van der Waals surface area contributed by atoms with Gasteiger partial charge in [-0.25, -0.2) is 0 Å². The van der Waals surface area contributed by atoms with Gasteiger partial charge in [-0.05, 0) is 88.2 Å². The number of amides is 2. The highest BCUT2D eigenvalue weighted by atomic mass is 16.7. The van der Waals surface area contributed by atoms with E-state index in [1.807, 2.05) is 38.1 Å². The minimum atomic E-state index is -0.460. The highest BCUT2D eigenvalue weighted by molar-refractivity contribution is 6.05. The molecule has 2 aliphatic heterocycles. The Kier molecular flexibility index (Phi) is 11.7. The second-order valence-corrected chi connectivity index (χ2v) is 12.7. The number of aliphatic hydroxyl groups is 1. The maximum atomic E-state index is 14.4. The summed E-state index contributed by atoms with van der Waals surface area (Å²) in [4.78, 5) is 31.2. The van der Waals surface area contributed by atoms with E-state index in [2.05, 4.69) is 24.2 Å². The lowest BCUT2D eigenvalue weighted by molar-refractivity contribution is -0.0177. The average Bonchev–Trinajstić information content (AvgIpc) is 3.54. The van der Waals surface area contributed by atoms with E-state index >= 15 is 0 Å². The molecule has 0 aliphatic carbocycles. The summed E-state index contributed by atoms with van der Waals surface area (Å²) in [6.07, 6.45) is 2.29. The molecule has 0 aromatic heterocycles. The van der Waals surface area contributed by atoms with Crippen LogP contribution in [0.1, 0.15) is 66.3 Å². The van der Waals surface area contributed by atoms with Crippen LogP contribution < -0.4 is 19.5 Å². The molecule has 3 aromatic rings. The van der Waals surface area contributed by atoms with Gasteiger partial charge < -0.3 is 34.3 Å². The summed E-state index contributed by atoms with van der Waals surface area (Å²) >= 11 is 0. The molecule has 0 unspecified atom stereocenters. The van der Waals surface area contributed by atoms with Gasteiger partial charge in [-0.15, -0.1) is 0 Å². The predicted octanol–water partition coefficient (Wildman–Crippen LogP) is 5.60. The van der Waals surface area contributed by atoms with Crippen LogP contribution >= 0.6 is 0 Å². The number of benzene rings is 3. The van der Waals surface area contributed by atoms with Gasteiger partial charge in [-0.1, -0.05) is 31.2 Å². The fourth-order valence-corrected chi connectivity index (χ4v) is 5.98. The SMILES string of the molecule is C[C@@H]1CCCCO[C@@H](CN(C)Cc2ccc3c(c2)OCO3)[C@H](C)CN([C@@H](C)CO)C(=O)c2cc(NC(=O)c3ccccc3)ccc2O1. The van der Waals surface area contributed by atoms with Crippen molar-refractivity contribution < 1.29 is 33.6 Å². The van der Waals surface area contributed by atoms with Crippen LogP contribution in [0.5, 0.6) is 17.2 Å². The summed E-state index contributed by atoms with van der Waals surface area (Å²) in [5.41, 5.74) is 2.45. The van der Waals surface area contributed by atoms with Crippen molar-refractivity contribution in [1.82, 2.24) is 9.80 Å². The smallest absolute Gasteiger partial charge is 0.258 e. The van der Waals surface area contributed by atoms with E-state index in [9.17, 15) is 14.7 Å². The number of carbonyl (C=O) groups is 2. The van der Waals surface area contributed by atoms with Gasteiger partial charge in [-0.3, -0.25) is 14.5 Å². The van der Waals surface area contributed by atoms with Crippen molar-refractivity contribution in [2.45, 2.75) is 64.8 Å². The first kappa shape index (κ1) is 34.2. The Morgan fingerprint density at radius 1 is 1.02 bits per heavy atom. The summed E-state index contributed by atoms with van der Waals surface area (Å²) in [6.45, 7) is 8.26.